The van der Waals surface area contributed by atoms with Crippen molar-refractivity contribution in [1.82, 2.24) is 5.43 Å². The van der Waals surface area contributed by atoms with Crippen LogP contribution in [0.5, 0.6) is 0 Å². The fourth-order valence-electron chi connectivity index (χ4n) is 0.342. The van der Waals surface area contributed by atoms with Crippen LogP contribution >= 0.6 is 0 Å². The summed E-state index contributed by atoms with van der Waals surface area (Å²) in [6, 6.07) is 0.669. The summed E-state index contributed by atoms with van der Waals surface area (Å²) in [5.41, 5.74) is 2.83. The van der Waals surface area contributed by atoms with Crippen molar-refractivity contribution >= 4 is 6.72 Å². The zero-order valence-corrected chi connectivity index (χ0v) is 3.65. The molecular formula is C4H8N2. The maximum atomic E-state index is 3.50. The van der Waals surface area contributed by atoms with Gasteiger partial charge >= 0.3 is 0 Å². The van der Waals surface area contributed by atoms with Gasteiger partial charge in [0.25, 0.3) is 0 Å². The number of hydrogen-bond acceptors (Lipinski definition) is 2. The molecule has 0 aromatic heterocycles. The molecule has 0 saturated heterocycles. The molecule has 1 saturated carbocycles. The summed E-state index contributed by atoms with van der Waals surface area (Å²) in [5, 5.41) is 3.50. The Morgan fingerprint density at radius 2 is 2.33 bits per heavy atom. The van der Waals surface area contributed by atoms with E-state index >= 15 is 0 Å². The van der Waals surface area contributed by atoms with Crippen molar-refractivity contribution in [2.24, 2.45) is 5.10 Å². The molecule has 0 spiro atoms. The maximum absolute atomic E-state index is 3.50. The largest absolute Gasteiger partial charge is 0.308 e. The Labute approximate surface area is 37.2 Å². The smallest absolute Gasteiger partial charge is 0.0441 e. The molecule has 0 radical (unpaired) electrons. The molecule has 1 aliphatic carbocycles. The zero-order valence-electron chi connectivity index (χ0n) is 3.65. The van der Waals surface area contributed by atoms with Crippen LogP contribution in [0, 0.1) is 0 Å². The van der Waals surface area contributed by atoms with Crippen LogP contribution in [-0.2, 0) is 0 Å². The van der Waals surface area contributed by atoms with Crippen LogP contribution in [0.2, 0.25) is 0 Å². The zero-order chi connectivity index (χ0) is 4.41. The van der Waals surface area contributed by atoms with Gasteiger partial charge in [0.05, 0.1) is 0 Å². The fourth-order valence-corrected chi connectivity index (χ4v) is 0.342. The molecule has 0 unspecified atom stereocenters. The van der Waals surface area contributed by atoms with E-state index in [4.69, 9.17) is 0 Å². The molecule has 0 atom stereocenters. The molecule has 1 aliphatic rings. The van der Waals surface area contributed by atoms with E-state index < -0.39 is 0 Å². The van der Waals surface area contributed by atoms with Gasteiger partial charge in [0.15, 0.2) is 0 Å². The molecule has 1 fully saturated rings. The molecule has 2 heteroatoms. The van der Waals surface area contributed by atoms with Crippen molar-refractivity contribution in [2.75, 3.05) is 0 Å². The third kappa shape index (κ3) is 0.708. The number of hydrogen-bond donors (Lipinski definition) is 1. The predicted molar refractivity (Wildman–Crippen MR) is 25.7 cm³/mol. The Hall–Kier alpha value is -0.530. The second-order valence-corrected chi connectivity index (χ2v) is 1.56. The second-order valence-electron chi connectivity index (χ2n) is 1.56. The Bertz CT molecular complexity index is 56.6. The van der Waals surface area contributed by atoms with Gasteiger partial charge in [0.1, 0.15) is 0 Å². The predicted octanol–water partition coefficient (Wildman–Crippen LogP) is 0.354. The maximum Gasteiger partial charge on any atom is 0.0441 e. The average Bonchev–Trinajstić information content (AvgIpc) is 2.21. The van der Waals surface area contributed by atoms with Gasteiger partial charge < -0.3 is 5.43 Å². The topological polar surface area (TPSA) is 24.4 Å². The Balaban J connectivity index is 2.00. The lowest BCUT2D eigenvalue weighted by Gasteiger charge is -1.86. The molecule has 0 aliphatic heterocycles. The minimum Gasteiger partial charge on any atom is -0.308 e. The summed E-state index contributed by atoms with van der Waals surface area (Å²) in [4.78, 5) is 0. The Morgan fingerprint density at radius 1 is 1.67 bits per heavy atom. The van der Waals surface area contributed by atoms with E-state index in [0.29, 0.717) is 6.04 Å². The summed E-state index contributed by atoms with van der Waals surface area (Å²) in [6.45, 7) is 3.28. The summed E-state index contributed by atoms with van der Waals surface area (Å²) in [7, 11) is 0. The van der Waals surface area contributed by atoms with Crippen molar-refractivity contribution in [3.63, 3.8) is 0 Å². The Kier molecular flexibility index (Phi) is 0.783. The van der Waals surface area contributed by atoms with Gasteiger partial charge in [-0.2, -0.15) is 5.10 Å². The van der Waals surface area contributed by atoms with Crippen molar-refractivity contribution in [3.8, 4) is 0 Å². The van der Waals surface area contributed by atoms with Crippen LogP contribution in [0.15, 0.2) is 5.10 Å². The highest BCUT2D eigenvalue weighted by molar-refractivity contribution is 5.22. The Morgan fingerprint density at radius 3 is 2.50 bits per heavy atom. The molecule has 0 heterocycles. The lowest BCUT2D eigenvalue weighted by atomic mass is 10.8. The molecule has 0 aromatic carbocycles. The molecule has 0 aromatic rings. The molecule has 1 N–H and O–H groups in total. The van der Waals surface area contributed by atoms with Crippen LogP contribution in [-0.4, -0.2) is 12.8 Å². The molecule has 0 amide bonds. The van der Waals surface area contributed by atoms with Crippen LogP contribution < -0.4 is 5.43 Å². The van der Waals surface area contributed by atoms with Crippen molar-refractivity contribution in [3.05, 3.63) is 0 Å². The summed E-state index contributed by atoms with van der Waals surface area (Å²) >= 11 is 0. The van der Waals surface area contributed by atoms with Gasteiger partial charge in [-0.1, -0.05) is 0 Å². The van der Waals surface area contributed by atoms with Gasteiger partial charge in [-0.05, 0) is 12.8 Å². The average molecular weight is 84.1 g/mol. The molecular weight excluding hydrogens is 76.1 g/mol. The number of hydrazone groups is 1. The molecule has 34 valence electrons. The van der Waals surface area contributed by atoms with E-state index in [2.05, 4.69) is 17.2 Å². The summed E-state index contributed by atoms with van der Waals surface area (Å²) in [5.74, 6) is 0. The van der Waals surface area contributed by atoms with Gasteiger partial charge in [-0.15, -0.1) is 0 Å². The minimum atomic E-state index is 0.669. The van der Waals surface area contributed by atoms with Crippen LogP contribution in [0.4, 0.5) is 0 Å². The number of rotatable bonds is 2. The van der Waals surface area contributed by atoms with Crippen molar-refractivity contribution in [2.45, 2.75) is 18.9 Å². The molecule has 1 rings (SSSR count). The lowest BCUT2D eigenvalue weighted by Crippen LogP contribution is -2.05. The second kappa shape index (κ2) is 1.29. The van der Waals surface area contributed by atoms with E-state index in [1.54, 1.807) is 0 Å². The van der Waals surface area contributed by atoms with E-state index in [1.807, 2.05) is 0 Å². The summed E-state index contributed by atoms with van der Waals surface area (Å²) < 4.78 is 0. The third-order valence-electron chi connectivity index (χ3n) is 0.851. The fraction of sp³-hybridized carbons (Fsp3) is 0.750. The quantitative estimate of drug-likeness (QED) is 0.379. The highest BCUT2D eigenvalue weighted by atomic mass is 15.3. The van der Waals surface area contributed by atoms with E-state index in [-0.39, 0.29) is 0 Å². The number of nitrogens with zero attached hydrogens (tertiary/aromatic N) is 1. The number of nitrogens with one attached hydrogen (secondary N) is 1. The minimum absolute atomic E-state index is 0.669. The monoisotopic (exact) mass is 84.1 g/mol. The van der Waals surface area contributed by atoms with Crippen LogP contribution in [0.25, 0.3) is 0 Å². The first kappa shape index (κ1) is 3.65. The van der Waals surface area contributed by atoms with E-state index in [9.17, 15) is 0 Å². The molecule has 0 bridgehead atoms. The first-order valence-electron chi connectivity index (χ1n) is 2.15. The van der Waals surface area contributed by atoms with E-state index in [1.165, 1.54) is 12.8 Å². The normalized spacial score (nSPS) is 20.0. The first-order chi connectivity index (χ1) is 2.93. The standard InChI is InChI=1S/C4H8N2/c1-5-6-4-2-3-4/h4,6H,1-3H2. The van der Waals surface area contributed by atoms with Crippen molar-refractivity contribution in [1.29, 1.82) is 0 Å². The molecule has 6 heavy (non-hydrogen) atoms. The van der Waals surface area contributed by atoms with Crippen molar-refractivity contribution < 1.29 is 0 Å². The first-order valence-corrected chi connectivity index (χ1v) is 2.15. The van der Waals surface area contributed by atoms with Gasteiger partial charge in [0, 0.05) is 12.8 Å². The third-order valence-corrected chi connectivity index (χ3v) is 0.851. The van der Waals surface area contributed by atoms with Crippen LogP contribution in [0.1, 0.15) is 12.8 Å². The lowest BCUT2D eigenvalue weighted by molar-refractivity contribution is 0.744. The SMILES string of the molecule is C=NNC1CC1. The summed E-state index contributed by atoms with van der Waals surface area (Å²) in [6.07, 6.45) is 2.55. The van der Waals surface area contributed by atoms with Gasteiger partial charge in [-0.25, -0.2) is 0 Å². The van der Waals surface area contributed by atoms with Gasteiger partial charge in [0.2, 0.25) is 0 Å². The van der Waals surface area contributed by atoms with Crippen LogP contribution in [0.3, 0.4) is 0 Å². The molecule has 2 nitrogen and oxygen atoms in total. The highest BCUT2D eigenvalue weighted by Crippen LogP contribution is 2.17. The van der Waals surface area contributed by atoms with Gasteiger partial charge in [-0.3, -0.25) is 0 Å². The highest BCUT2D eigenvalue weighted by Gasteiger charge is 2.19. The van der Waals surface area contributed by atoms with E-state index in [0.717, 1.165) is 0 Å².